The van der Waals surface area contributed by atoms with Crippen LogP contribution in [0.1, 0.15) is 90.0 Å². The van der Waals surface area contributed by atoms with Crippen LogP contribution in [0.5, 0.6) is 5.75 Å². The Morgan fingerprint density at radius 2 is 1.84 bits per heavy atom. The molecule has 1 unspecified atom stereocenters. The first-order valence-electron chi connectivity index (χ1n) is 10.1. The maximum absolute atomic E-state index is 12.1. The topological polar surface area (TPSA) is 35.5 Å². The Balaban J connectivity index is 1.96. The number of hydrogen-bond donors (Lipinski definition) is 0. The summed E-state index contributed by atoms with van der Waals surface area (Å²) in [6.45, 7) is 6.36. The third kappa shape index (κ3) is 6.37. The molecule has 1 saturated carbocycles. The molecule has 0 saturated heterocycles. The summed E-state index contributed by atoms with van der Waals surface area (Å²) in [5, 5.41) is 0. The van der Waals surface area contributed by atoms with E-state index in [4.69, 9.17) is 9.47 Å². The Labute approximate surface area is 153 Å². The summed E-state index contributed by atoms with van der Waals surface area (Å²) in [5.41, 5.74) is 1.27. The van der Waals surface area contributed by atoms with Crippen molar-refractivity contribution in [2.75, 3.05) is 0 Å². The van der Waals surface area contributed by atoms with Gasteiger partial charge in [0.1, 0.15) is 11.9 Å². The fourth-order valence-electron chi connectivity index (χ4n) is 3.48. The van der Waals surface area contributed by atoms with Crippen molar-refractivity contribution in [1.82, 2.24) is 0 Å². The lowest BCUT2D eigenvalue weighted by Crippen LogP contribution is -2.28. The zero-order valence-electron chi connectivity index (χ0n) is 16.1. The molecule has 140 valence electrons. The second-order valence-corrected chi connectivity index (χ2v) is 7.28. The Morgan fingerprint density at radius 3 is 2.52 bits per heavy atom. The summed E-state index contributed by atoms with van der Waals surface area (Å²) in [4.78, 5) is 12.1. The van der Waals surface area contributed by atoms with E-state index in [1.54, 1.807) is 0 Å². The highest BCUT2D eigenvalue weighted by atomic mass is 16.5. The third-order valence-electron chi connectivity index (χ3n) is 5.19. The average molecular weight is 347 g/mol. The molecule has 0 radical (unpaired) electrons. The molecule has 0 aromatic heterocycles. The van der Waals surface area contributed by atoms with Gasteiger partial charge in [-0.05, 0) is 56.7 Å². The highest BCUT2D eigenvalue weighted by Gasteiger charge is 2.29. The number of ether oxygens (including phenoxy) is 2. The number of hydrogen-bond acceptors (Lipinski definition) is 3. The lowest BCUT2D eigenvalue weighted by Gasteiger charge is -2.31. The first-order chi connectivity index (χ1) is 12.1. The molecule has 0 spiro atoms. The average Bonchev–Trinajstić information content (AvgIpc) is 2.63. The first kappa shape index (κ1) is 19.8. The zero-order chi connectivity index (χ0) is 18.1. The van der Waals surface area contributed by atoms with E-state index in [0.717, 1.165) is 50.7 Å². The van der Waals surface area contributed by atoms with Crippen LogP contribution in [0.3, 0.4) is 0 Å². The van der Waals surface area contributed by atoms with Gasteiger partial charge in [0.15, 0.2) is 0 Å². The van der Waals surface area contributed by atoms with Gasteiger partial charge in [0.05, 0.1) is 6.10 Å². The predicted octanol–water partition coefficient (Wildman–Crippen LogP) is 6.01. The molecule has 0 heterocycles. The number of unbranched alkanes of at least 4 members (excludes halogenated alkanes) is 2. The fraction of sp³-hybridized carbons (Fsp3) is 0.682. The van der Waals surface area contributed by atoms with Gasteiger partial charge in [-0.25, -0.2) is 0 Å². The van der Waals surface area contributed by atoms with Crippen molar-refractivity contribution >= 4 is 5.97 Å². The Kier molecular flexibility index (Phi) is 8.30. The van der Waals surface area contributed by atoms with Crippen LogP contribution in [-0.4, -0.2) is 18.2 Å². The van der Waals surface area contributed by atoms with Crippen LogP contribution in [0.15, 0.2) is 24.3 Å². The number of rotatable bonds is 9. The van der Waals surface area contributed by atoms with Gasteiger partial charge in [-0.15, -0.1) is 0 Å². The highest BCUT2D eigenvalue weighted by Crippen LogP contribution is 2.36. The van der Waals surface area contributed by atoms with Crippen molar-refractivity contribution in [3.63, 3.8) is 0 Å². The predicted molar refractivity (Wildman–Crippen MR) is 102 cm³/mol. The van der Waals surface area contributed by atoms with Gasteiger partial charge in [0, 0.05) is 12.3 Å². The van der Waals surface area contributed by atoms with E-state index in [0.29, 0.717) is 12.3 Å². The van der Waals surface area contributed by atoms with E-state index >= 15 is 0 Å². The molecule has 1 fully saturated rings. The van der Waals surface area contributed by atoms with Crippen molar-refractivity contribution < 1.29 is 14.3 Å². The fourth-order valence-corrected chi connectivity index (χ4v) is 3.48. The van der Waals surface area contributed by atoms with Crippen LogP contribution < -0.4 is 4.74 Å². The maximum atomic E-state index is 12.1. The van der Waals surface area contributed by atoms with E-state index in [1.165, 1.54) is 12.0 Å². The molecule has 3 atom stereocenters. The molecule has 3 heteroatoms. The van der Waals surface area contributed by atoms with Crippen molar-refractivity contribution in [3.05, 3.63) is 29.8 Å². The summed E-state index contributed by atoms with van der Waals surface area (Å²) in [6, 6.07) is 8.39. The maximum Gasteiger partial charge on any atom is 0.306 e. The molecule has 0 N–H and O–H groups in total. The molecule has 1 aliphatic carbocycles. The Bertz CT molecular complexity index is 509. The van der Waals surface area contributed by atoms with Crippen molar-refractivity contribution in [1.29, 1.82) is 0 Å². The summed E-state index contributed by atoms with van der Waals surface area (Å²) in [5.74, 6) is 1.21. The number of benzene rings is 1. The van der Waals surface area contributed by atoms with Gasteiger partial charge in [0.25, 0.3) is 0 Å². The van der Waals surface area contributed by atoms with Crippen molar-refractivity contribution in [3.8, 4) is 5.75 Å². The van der Waals surface area contributed by atoms with Crippen LogP contribution in [0.25, 0.3) is 0 Å². The lowest BCUT2D eigenvalue weighted by atomic mass is 9.81. The third-order valence-corrected chi connectivity index (χ3v) is 5.19. The smallest absolute Gasteiger partial charge is 0.306 e. The highest BCUT2D eigenvalue weighted by molar-refractivity contribution is 5.69. The Hall–Kier alpha value is -1.51. The second-order valence-electron chi connectivity index (χ2n) is 7.28. The monoisotopic (exact) mass is 346 g/mol. The minimum absolute atomic E-state index is 0.0259. The molecule has 1 aromatic carbocycles. The van der Waals surface area contributed by atoms with Crippen LogP contribution in [0, 0.1) is 0 Å². The van der Waals surface area contributed by atoms with Gasteiger partial charge in [-0.3, -0.25) is 4.79 Å². The summed E-state index contributed by atoms with van der Waals surface area (Å²) in [7, 11) is 0. The quantitative estimate of drug-likeness (QED) is 0.405. The largest absolute Gasteiger partial charge is 0.491 e. The first-order valence-corrected chi connectivity index (χ1v) is 10.1. The van der Waals surface area contributed by atoms with Crippen molar-refractivity contribution in [2.45, 2.75) is 96.7 Å². The summed E-state index contributed by atoms with van der Waals surface area (Å²) < 4.78 is 11.7. The van der Waals surface area contributed by atoms with E-state index in [2.05, 4.69) is 45.0 Å². The number of carbonyl (C=O) groups is 1. The van der Waals surface area contributed by atoms with Gasteiger partial charge in [-0.2, -0.15) is 0 Å². The molecule has 1 aromatic rings. The molecular weight excluding hydrogens is 312 g/mol. The van der Waals surface area contributed by atoms with E-state index in [1.807, 2.05) is 0 Å². The van der Waals surface area contributed by atoms with Crippen molar-refractivity contribution in [2.24, 2.45) is 0 Å². The normalized spacial score (nSPS) is 21.6. The SMILES string of the molecule is CCCCCC(=O)O[C@@H]1CCCC[C@H]1c1ccc(OC(C)CC)cc1. The molecule has 25 heavy (non-hydrogen) atoms. The summed E-state index contributed by atoms with van der Waals surface area (Å²) >= 11 is 0. The van der Waals surface area contributed by atoms with Crippen LogP contribution in [-0.2, 0) is 9.53 Å². The standard InChI is InChI=1S/C22H34O3/c1-4-6-7-12-22(23)25-21-11-9-8-10-20(21)18-13-15-19(16-14-18)24-17(3)5-2/h13-17,20-21H,4-12H2,1-3H3/t17?,20-,21+/m0/s1. The van der Waals surface area contributed by atoms with Gasteiger partial charge >= 0.3 is 5.97 Å². The molecular formula is C22H34O3. The van der Waals surface area contributed by atoms with Crippen LogP contribution in [0.4, 0.5) is 0 Å². The van der Waals surface area contributed by atoms with E-state index in [-0.39, 0.29) is 18.2 Å². The second kappa shape index (κ2) is 10.5. The molecule has 2 rings (SSSR count). The van der Waals surface area contributed by atoms with Gasteiger partial charge in [0.2, 0.25) is 0 Å². The van der Waals surface area contributed by atoms with Crippen LogP contribution >= 0.6 is 0 Å². The van der Waals surface area contributed by atoms with E-state index in [9.17, 15) is 4.79 Å². The molecule has 0 amide bonds. The summed E-state index contributed by atoms with van der Waals surface area (Å²) in [6.07, 6.45) is 9.42. The molecule has 3 nitrogen and oxygen atoms in total. The van der Waals surface area contributed by atoms with Gasteiger partial charge < -0.3 is 9.47 Å². The van der Waals surface area contributed by atoms with Gasteiger partial charge in [-0.1, -0.05) is 45.2 Å². The molecule has 0 aliphatic heterocycles. The van der Waals surface area contributed by atoms with E-state index < -0.39 is 0 Å². The lowest BCUT2D eigenvalue weighted by molar-refractivity contribution is -0.151. The molecule has 1 aliphatic rings. The number of carbonyl (C=O) groups excluding carboxylic acids is 1. The zero-order valence-corrected chi connectivity index (χ0v) is 16.1. The minimum atomic E-state index is -0.0259. The minimum Gasteiger partial charge on any atom is -0.491 e. The number of esters is 1. The van der Waals surface area contributed by atoms with Crippen LogP contribution in [0.2, 0.25) is 0 Å². The molecule has 0 bridgehead atoms. The Morgan fingerprint density at radius 1 is 1.12 bits per heavy atom.